The van der Waals surface area contributed by atoms with Gasteiger partial charge in [0.1, 0.15) is 5.75 Å². The van der Waals surface area contributed by atoms with Crippen molar-refractivity contribution >= 4 is 17.5 Å². The molecule has 5 nitrogen and oxygen atoms in total. The van der Waals surface area contributed by atoms with Gasteiger partial charge in [-0.05, 0) is 48.7 Å². The number of carbonyl (C=O) groups excluding carboxylic acids is 2. The molecule has 0 spiro atoms. The van der Waals surface area contributed by atoms with E-state index in [-0.39, 0.29) is 30.0 Å². The van der Waals surface area contributed by atoms with Crippen LogP contribution in [0.1, 0.15) is 28.8 Å². The Balaban J connectivity index is 1.51. The van der Waals surface area contributed by atoms with Gasteiger partial charge in [-0.2, -0.15) is 13.2 Å². The summed E-state index contributed by atoms with van der Waals surface area (Å²) in [5, 5.41) is 5.52. The summed E-state index contributed by atoms with van der Waals surface area (Å²) in [6, 6.07) is 12.6. The molecule has 1 fully saturated rings. The third-order valence-electron chi connectivity index (χ3n) is 4.12. The normalized spacial score (nSPS) is 13.7. The van der Waals surface area contributed by atoms with Gasteiger partial charge in [0.05, 0.1) is 0 Å². The number of amides is 2. The summed E-state index contributed by atoms with van der Waals surface area (Å²) in [4.78, 5) is 24.1. The number of ether oxygens (including phenoxy) is 1. The fraction of sp³-hybridized carbons (Fsp3) is 0.300. The largest absolute Gasteiger partial charge is 0.484 e. The van der Waals surface area contributed by atoms with Crippen molar-refractivity contribution in [2.45, 2.75) is 25.6 Å². The summed E-state index contributed by atoms with van der Waals surface area (Å²) in [6.07, 6.45) is -2.60. The van der Waals surface area contributed by atoms with E-state index in [1.165, 1.54) is 12.1 Å². The monoisotopic (exact) mass is 392 g/mol. The minimum atomic E-state index is -4.39. The summed E-state index contributed by atoms with van der Waals surface area (Å²) in [6.45, 7) is -1.15. The van der Waals surface area contributed by atoms with E-state index in [1.807, 2.05) is 0 Å². The zero-order valence-electron chi connectivity index (χ0n) is 14.9. The van der Waals surface area contributed by atoms with E-state index in [0.717, 1.165) is 12.8 Å². The Morgan fingerprint density at radius 3 is 2.43 bits per heavy atom. The van der Waals surface area contributed by atoms with Crippen LogP contribution >= 0.6 is 0 Å². The van der Waals surface area contributed by atoms with Gasteiger partial charge in [0.25, 0.3) is 5.91 Å². The third kappa shape index (κ3) is 6.00. The van der Waals surface area contributed by atoms with Gasteiger partial charge in [-0.25, -0.2) is 0 Å². The van der Waals surface area contributed by atoms with Gasteiger partial charge in [0.15, 0.2) is 6.61 Å². The summed E-state index contributed by atoms with van der Waals surface area (Å²) in [7, 11) is 0. The summed E-state index contributed by atoms with van der Waals surface area (Å²) in [5.74, 6) is -0.183. The Morgan fingerprint density at radius 2 is 1.79 bits per heavy atom. The molecule has 1 aliphatic carbocycles. The van der Waals surface area contributed by atoms with Gasteiger partial charge in [0.2, 0.25) is 5.91 Å². The average Bonchev–Trinajstić information content (AvgIpc) is 3.50. The number of benzene rings is 2. The number of nitrogens with one attached hydrogen (secondary N) is 2. The van der Waals surface area contributed by atoms with Crippen LogP contribution in [0.2, 0.25) is 0 Å². The van der Waals surface area contributed by atoms with Gasteiger partial charge >= 0.3 is 6.18 Å². The van der Waals surface area contributed by atoms with Crippen molar-refractivity contribution in [3.63, 3.8) is 0 Å². The standard InChI is InChI=1S/C20H19F3N2O3/c21-20(22,23)12-28-17-8-4-13(5-9-17)11-24-18(26)15-2-1-3-16(10-15)25-19(27)14-6-7-14/h1-5,8-10,14H,6-7,11-12H2,(H,24,26)(H,25,27). The van der Waals surface area contributed by atoms with E-state index < -0.39 is 12.8 Å². The quantitative estimate of drug-likeness (QED) is 0.751. The fourth-order valence-corrected chi connectivity index (χ4v) is 2.48. The Hall–Kier alpha value is -3.03. The van der Waals surface area contributed by atoms with Crippen molar-refractivity contribution in [2.24, 2.45) is 5.92 Å². The summed E-state index contributed by atoms with van der Waals surface area (Å²) in [5.41, 5.74) is 1.68. The average molecular weight is 392 g/mol. The van der Waals surface area contributed by atoms with Crippen molar-refractivity contribution in [3.8, 4) is 5.75 Å². The first-order valence-electron chi connectivity index (χ1n) is 8.78. The first-order chi connectivity index (χ1) is 13.3. The van der Waals surface area contributed by atoms with E-state index >= 15 is 0 Å². The van der Waals surface area contributed by atoms with Gasteiger partial charge in [0, 0.05) is 23.7 Å². The minimum absolute atomic E-state index is 0.0367. The van der Waals surface area contributed by atoms with Crippen LogP contribution < -0.4 is 15.4 Å². The molecule has 3 rings (SSSR count). The van der Waals surface area contributed by atoms with Crippen LogP contribution in [0.25, 0.3) is 0 Å². The lowest BCUT2D eigenvalue weighted by Crippen LogP contribution is -2.23. The highest BCUT2D eigenvalue weighted by Crippen LogP contribution is 2.30. The van der Waals surface area contributed by atoms with Crippen LogP contribution in [0.4, 0.5) is 18.9 Å². The smallest absolute Gasteiger partial charge is 0.422 e. The molecule has 2 aromatic rings. The molecule has 28 heavy (non-hydrogen) atoms. The molecule has 148 valence electrons. The molecular weight excluding hydrogens is 373 g/mol. The van der Waals surface area contributed by atoms with Crippen LogP contribution in [-0.2, 0) is 11.3 Å². The maximum Gasteiger partial charge on any atom is 0.422 e. The van der Waals surface area contributed by atoms with E-state index in [4.69, 9.17) is 0 Å². The topological polar surface area (TPSA) is 67.4 Å². The first kappa shape index (κ1) is 19.7. The Labute approximate surface area is 159 Å². The van der Waals surface area contributed by atoms with Crippen molar-refractivity contribution < 1.29 is 27.5 Å². The van der Waals surface area contributed by atoms with E-state index in [2.05, 4.69) is 15.4 Å². The van der Waals surface area contributed by atoms with Gasteiger partial charge < -0.3 is 15.4 Å². The van der Waals surface area contributed by atoms with Crippen LogP contribution in [0.15, 0.2) is 48.5 Å². The second-order valence-electron chi connectivity index (χ2n) is 6.57. The lowest BCUT2D eigenvalue weighted by atomic mass is 10.1. The van der Waals surface area contributed by atoms with Gasteiger partial charge in [-0.3, -0.25) is 9.59 Å². The van der Waals surface area contributed by atoms with Gasteiger partial charge in [-0.15, -0.1) is 0 Å². The number of carbonyl (C=O) groups is 2. The van der Waals surface area contributed by atoms with Crippen molar-refractivity contribution in [1.29, 1.82) is 0 Å². The highest BCUT2D eigenvalue weighted by molar-refractivity contribution is 5.98. The summed E-state index contributed by atoms with van der Waals surface area (Å²) >= 11 is 0. The maximum absolute atomic E-state index is 12.3. The van der Waals surface area contributed by atoms with Gasteiger partial charge in [-0.1, -0.05) is 18.2 Å². The van der Waals surface area contributed by atoms with Crippen molar-refractivity contribution in [2.75, 3.05) is 11.9 Å². The molecule has 0 heterocycles. The molecule has 0 saturated heterocycles. The number of halogens is 3. The molecule has 0 aromatic heterocycles. The molecule has 8 heteroatoms. The van der Waals surface area contributed by atoms with Crippen LogP contribution in [0, 0.1) is 5.92 Å². The Morgan fingerprint density at radius 1 is 1.07 bits per heavy atom. The molecule has 2 amide bonds. The number of hydrogen-bond acceptors (Lipinski definition) is 3. The summed E-state index contributed by atoms with van der Waals surface area (Å²) < 4.78 is 41.0. The Bertz CT molecular complexity index is 847. The third-order valence-corrected chi connectivity index (χ3v) is 4.12. The number of hydrogen-bond donors (Lipinski definition) is 2. The fourth-order valence-electron chi connectivity index (χ4n) is 2.48. The van der Waals surface area contributed by atoms with E-state index in [1.54, 1.807) is 36.4 Å². The molecule has 2 N–H and O–H groups in total. The molecule has 2 aromatic carbocycles. The highest BCUT2D eigenvalue weighted by atomic mass is 19.4. The predicted molar refractivity (Wildman–Crippen MR) is 97.0 cm³/mol. The molecule has 1 saturated carbocycles. The number of anilines is 1. The zero-order chi connectivity index (χ0) is 20.1. The van der Waals surface area contributed by atoms with Crippen LogP contribution in [0.3, 0.4) is 0 Å². The first-order valence-corrected chi connectivity index (χ1v) is 8.78. The molecule has 1 aliphatic rings. The van der Waals surface area contributed by atoms with Crippen LogP contribution in [0.5, 0.6) is 5.75 Å². The predicted octanol–water partition coefficient (Wildman–Crippen LogP) is 3.91. The lowest BCUT2D eigenvalue weighted by Gasteiger charge is -2.10. The van der Waals surface area contributed by atoms with E-state index in [0.29, 0.717) is 16.8 Å². The molecule has 0 radical (unpaired) electrons. The second-order valence-corrected chi connectivity index (χ2v) is 6.57. The van der Waals surface area contributed by atoms with Crippen molar-refractivity contribution in [3.05, 3.63) is 59.7 Å². The number of alkyl halides is 3. The van der Waals surface area contributed by atoms with Crippen molar-refractivity contribution in [1.82, 2.24) is 5.32 Å². The van der Waals surface area contributed by atoms with E-state index in [9.17, 15) is 22.8 Å². The Kier molecular flexibility index (Phi) is 5.87. The maximum atomic E-state index is 12.3. The molecule has 0 bridgehead atoms. The molecular formula is C20H19F3N2O3. The SMILES string of the molecule is O=C(NCc1ccc(OCC(F)(F)F)cc1)c1cccc(NC(=O)C2CC2)c1. The van der Waals surface area contributed by atoms with Crippen LogP contribution in [-0.4, -0.2) is 24.6 Å². The lowest BCUT2D eigenvalue weighted by molar-refractivity contribution is -0.153. The zero-order valence-corrected chi connectivity index (χ0v) is 14.9. The minimum Gasteiger partial charge on any atom is -0.484 e. The molecule has 0 unspecified atom stereocenters. The molecule has 0 aliphatic heterocycles. The molecule has 0 atom stereocenters. The second kappa shape index (κ2) is 8.33. The highest BCUT2D eigenvalue weighted by Gasteiger charge is 2.29. The number of rotatable bonds is 7.